The van der Waals surface area contributed by atoms with E-state index in [9.17, 15) is 0 Å². The summed E-state index contributed by atoms with van der Waals surface area (Å²) < 4.78 is 4.69. The van der Waals surface area contributed by atoms with Gasteiger partial charge in [0, 0.05) is 13.7 Å². The van der Waals surface area contributed by atoms with Crippen LogP contribution in [0.15, 0.2) is 12.2 Å². The maximum absolute atomic E-state index is 4.69. The first kappa shape index (κ1) is 19.0. The van der Waals surface area contributed by atoms with E-state index in [1.165, 1.54) is 44.1 Å². The van der Waals surface area contributed by atoms with E-state index in [4.69, 9.17) is 4.74 Å². The molecule has 1 fully saturated rings. The Bertz CT molecular complexity index is 144. The lowest BCUT2D eigenvalue weighted by Crippen LogP contribution is -2.07. The molecule has 0 aliphatic heterocycles. The van der Waals surface area contributed by atoms with Crippen LogP contribution in [0.1, 0.15) is 72.6 Å². The molecule has 1 heteroatoms. The van der Waals surface area contributed by atoms with Crippen molar-refractivity contribution in [3.05, 3.63) is 12.2 Å². The number of ether oxygens (including phenoxy) is 1. The van der Waals surface area contributed by atoms with Gasteiger partial charge in [-0.2, -0.15) is 0 Å². The second-order valence-corrected chi connectivity index (χ2v) is 4.34. The van der Waals surface area contributed by atoms with Crippen molar-refractivity contribution < 1.29 is 4.74 Å². The van der Waals surface area contributed by atoms with Crippen molar-refractivity contribution in [1.29, 1.82) is 0 Å². The van der Waals surface area contributed by atoms with Crippen LogP contribution in [0.4, 0.5) is 0 Å². The Kier molecular flexibility index (Phi) is 17.6. The molecular weight excluding hydrogens is 208 g/mol. The summed E-state index contributed by atoms with van der Waals surface area (Å²) in [4.78, 5) is 0. The van der Waals surface area contributed by atoms with Crippen molar-refractivity contribution in [2.24, 2.45) is 5.92 Å². The summed E-state index contributed by atoms with van der Waals surface area (Å²) in [6.45, 7) is 13.3. The van der Waals surface area contributed by atoms with E-state index in [2.05, 4.69) is 20.4 Å². The molecule has 0 radical (unpaired) electrons. The number of hydrogen-bond donors (Lipinski definition) is 0. The van der Waals surface area contributed by atoms with Gasteiger partial charge in [-0.3, -0.25) is 0 Å². The predicted octanol–water partition coefficient (Wildman–Crippen LogP) is 5.60. The van der Waals surface area contributed by atoms with Crippen molar-refractivity contribution in [1.82, 2.24) is 0 Å². The lowest BCUT2D eigenvalue weighted by atomic mass is 9.83. The fraction of sp³-hybridized carbons (Fsp3) is 0.875. The molecule has 0 unspecified atom stereocenters. The Hall–Kier alpha value is -0.300. The Morgan fingerprint density at radius 3 is 1.94 bits per heavy atom. The Balaban J connectivity index is 0. The summed E-state index contributed by atoms with van der Waals surface area (Å²) in [5.41, 5.74) is 1.49. The van der Waals surface area contributed by atoms with Gasteiger partial charge in [0.2, 0.25) is 0 Å². The number of methoxy groups -OCH3 is 1. The summed E-state index contributed by atoms with van der Waals surface area (Å²) in [5.74, 6) is 0.874. The smallest absolute Gasteiger partial charge is 0.0459 e. The van der Waals surface area contributed by atoms with Gasteiger partial charge in [0.25, 0.3) is 0 Å². The molecule has 1 rings (SSSR count). The molecule has 0 heterocycles. The highest BCUT2D eigenvalue weighted by Gasteiger charge is 2.14. The summed E-state index contributed by atoms with van der Waals surface area (Å²) in [7, 11) is 1.71. The van der Waals surface area contributed by atoms with Crippen LogP contribution in [0.3, 0.4) is 0 Å². The molecule has 17 heavy (non-hydrogen) atoms. The summed E-state index contributed by atoms with van der Waals surface area (Å²) in [6, 6.07) is 0. The maximum Gasteiger partial charge on any atom is 0.0459 e. The van der Waals surface area contributed by atoms with E-state index in [1.807, 2.05) is 13.8 Å². The first-order valence-electron chi connectivity index (χ1n) is 7.42. The van der Waals surface area contributed by atoms with Crippen LogP contribution >= 0.6 is 0 Å². The zero-order chi connectivity index (χ0) is 13.5. The van der Waals surface area contributed by atoms with Crippen molar-refractivity contribution in [2.75, 3.05) is 13.7 Å². The lowest BCUT2D eigenvalue weighted by molar-refractivity contribution is 0.199. The molecule has 1 aliphatic rings. The highest BCUT2D eigenvalue weighted by atomic mass is 16.5. The van der Waals surface area contributed by atoms with Gasteiger partial charge in [0.1, 0.15) is 0 Å². The van der Waals surface area contributed by atoms with E-state index in [-0.39, 0.29) is 0 Å². The van der Waals surface area contributed by atoms with Gasteiger partial charge in [-0.25, -0.2) is 0 Å². The second-order valence-electron chi connectivity index (χ2n) is 4.34. The molecule has 0 aromatic rings. The van der Waals surface area contributed by atoms with E-state index >= 15 is 0 Å². The van der Waals surface area contributed by atoms with Gasteiger partial charge >= 0.3 is 0 Å². The molecule has 0 spiro atoms. The first-order valence-corrected chi connectivity index (χ1v) is 7.42. The van der Waals surface area contributed by atoms with Gasteiger partial charge in [-0.1, -0.05) is 59.1 Å². The second kappa shape index (κ2) is 15.7. The molecule has 0 bridgehead atoms. The standard InChI is InChI=1S/C10H18.C4H10O.C2H6/c1-3-9(2)10-7-5-4-6-8-10;1-3-4-5-2;1-2/h10H,2-8H2,1H3;3-4H2,1-2H3;1-2H3. The highest BCUT2D eigenvalue weighted by molar-refractivity contribution is 5.00. The van der Waals surface area contributed by atoms with Gasteiger partial charge < -0.3 is 4.74 Å². The number of allylic oxidation sites excluding steroid dienone is 1. The zero-order valence-corrected chi connectivity index (χ0v) is 12.8. The molecule has 0 atom stereocenters. The summed E-state index contributed by atoms with van der Waals surface area (Å²) in [5, 5.41) is 0. The average molecular weight is 242 g/mol. The van der Waals surface area contributed by atoms with Gasteiger partial charge in [-0.15, -0.1) is 0 Å². The number of rotatable bonds is 4. The molecule has 104 valence electrons. The zero-order valence-electron chi connectivity index (χ0n) is 12.8. The van der Waals surface area contributed by atoms with Crippen LogP contribution < -0.4 is 0 Å². The van der Waals surface area contributed by atoms with E-state index in [1.54, 1.807) is 7.11 Å². The summed E-state index contributed by atoms with van der Waals surface area (Å²) >= 11 is 0. The summed E-state index contributed by atoms with van der Waals surface area (Å²) in [6.07, 6.45) is 9.45. The normalized spacial score (nSPS) is 15.1. The molecule has 1 nitrogen and oxygen atoms in total. The minimum Gasteiger partial charge on any atom is -0.385 e. The Labute approximate surface area is 110 Å². The van der Waals surface area contributed by atoms with Gasteiger partial charge in [0.05, 0.1) is 0 Å². The van der Waals surface area contributed by atoms with Gasteiger partial charge in [-0.05, 0) is 31.6 Å². The fourth-order valence-corrected chi connectivity index (χ4v) is 2.00. The fourth-order valence-electron chi connectivity index (χ4n) is 2.00. The van der Waals surface area contributed by atoms with E-state index in [0.29, 0.717) is 0 Å². The molecule has 0 aromatic heterocycles. The predicted molar refractivity (Wildman–Crippen MR) is 79.5 cm³/mol. The maximum atomic E-state index is 4.69. The molecule has 0 N–H and O–H groups in total. The van der Waals surface area contributed by atoms with Crippen LogP contribution in [0.2, 0.25) is 0 Å². The third kappa shape index (κ3) is 12.0. The Morgan fingerprint density at radius 2 is 1.65 bits per heavy atom. The van der Waals surface area contributed by atoms with Crippen LogP contribution in [-0.4, -0.2) is 13.7 Å². The Morgan fingerprint density at radius 1 is 1.12 bits per heavy atom. The van der Waals surface area contributed by atoms with Crippen molar-refractivity contribution in [3.8, 4) is 0 Å². The highest BCUT2D eigenvalue weighted by Crippen LogP contribution is 2.29. The molecule has 0 saturated heterocycles. The molecule has 0 aromatic carbocycles. The molecule has 0 amide bonds. The first-order chi connectivity index (χ1) is 8.26. The van der Waals surface area contributed by atoms with Crippen molar-refractivity contribution in [3.63, 3.8) is 0 Å². The quantitative estimate of drug-likeness (QED) is 0.583. The number of hydrogen-bond acceptors (Lipinski definition) is 1. The largest absolute Gasteiger partial charge is 0.385 e. The van der Waals surface area contributed by atoms with Crippen molar-refractivity contribution >= 4 is 0 Å². The topological polar surface area (TPSA) is 9.23 Å². The third-order valence-corrected chi connectivity index (χ3v) is 3.04. The van der Waals surface area contributed by atoms with Gasteiger partial charge in [0.15, 0.2) is 0 Å². The molecule has 1 saturated carbocycles. The lowest BCUT2D eigenvalue weighted by Gasteiger charge is -2.22. The SMILES string of the molecule is C=C(CC)C1CCCCC1.CC.CCCOC. The minimum atomic E-state index is 0.874. The van der Waals surface area contributed by atoms with Crippen molar-refractivity contribution in [2.45, 2.75) is 72.6 Å². The monoisotopic (exact) mass is 242 g/mol. The third-order valence-electron chi connectivity index (χ3n) is 3.04. The van der Waals surface area contributed by atoms with Crippen LogP contribution in [0, 0.1) is 5.92 Å². The van der Waals surface area contributed by atoms with Crippen LogP contribution in [0.25, 0.3) is 0 Å². The molecular formula is C16H34O. The average Bonchev–Trinajstić information content (AvgIpc) is 2.43. The van der Waals surface area contributed by atoms with E-state index < -0.39 is 0 Å². The minimum absolute atomic E-state index is 0.874. The van der Waals surface area contributed by atoms with Crippen LogP contribution in [0.5, 0.6) is 0 Å². The van der Waals surface area contributed by atoms with E-state index in [0.717, 1.165) is 18.9 Å². The molecule has 1 aliphatic carbocycles. The van der Waals surface area contributed by atoms with Crippen LogP contribution in [-0.2, 0) is 4.74 Å².